The number of ether oxygens (including phenoxy) is 1. The van der Waals surface area contributed by atoms with Gasteiger partial charge in [-0.1, -0.05) is 12.8 Å². The highest BCUT2D eigenvalue weighted by atomic mass is 16.5. The fraction of sp³-hybridized carbons (Fsp3) is 0.714. The molecule has 104 valence electrons. The van der Waals surface area contributed by atoms with Gasteiger partial charge in [0.15, 0.2) is 0 Å². The van der Waals surface area contributed by atoms with Gasteiger partial charge in [-0.2, -0.15) is 0 Å². The molecule has 1 aliphatic heterocycles. The minimum absolute atomic E-state index is 0.300. The number of nitrogens with one attached hydrogen (secondary N) is 1. The van der Waals surface area contributed by atoms with Crippen LogP contribution in [0.3, 0.4) is 0 Å². The van der Waals surface area contributed by atoms with Gasteiger partial charge in [0.05, 0.1) is 13.2 Å². The minimum Gasteiger partial charge on any atom is -0.379 e. The molecule has 2 heterocycles. The maximum Gasteiger partial charge on any atom is 0.129 e. The lowest BCUT2D eigenvalue weighted by Gasteiger charge is -2.43. The number of morpholine rings is 1. The highest BCUT2D eigenvalue weighted by molar-refractivity contribution is 5.32. The van der Waals surface area contributed by atoms with Gasteiger partial charge in [-0.05, 0) is 18.9 Å². The Balaban J connectivity index is 1.66. The third kappa shape index (κ3) is 2.87. The first kappa shape index (κ1) is 12.8. The van der Waals surface area contributed by atoms with Gasteiger partial charge < -0.3 is 10.1 Å². The second-order valence-electron chi connectivity index (χ2n) is 5.48. The van der Waals surface area contributed by atoms with Crippen molar-refractivity contribution in [3.63, 3.8) is 0 Å². The summed E-state index contributed by atoms with van der Waals surface area (Å²) in [7, 11) is 0. The second kappa shape index (κ2) is 5.84. The smallest absolute Gasteiger partial charge is 0.129 e. The van der Waals surface area contributed by atoms with Crippen molar-refractivity contribution in [2.24, 2.45) is 0 Å². The molecule has 5 nitrogen and oxygen atoms in total. The number of aromatic nitrogens is 2. The average molecular weight is 262 g/mol. The summed E-state index contributed by atoms with van der Waals surface area (Å²) in [5.41, 5.74) is 0.300. The Bertz CT molecular complexity index is 386. The molecule has 1 aromatic rings. The molecule has 1 N–H and O–H groups in total. The molecule has 0 aromatic carbocycles. The lowest BCUT2D eigenvalue weighted by atomic mass is 9.94. The van der Waals surface area contributed by atoms with Crippen molar-refractivity contribution in [2.75, 3.05) is 38.2 Å². The van der Waals surface area contributed by atoms with Crippen molar-refractivity contribution >= 4 is 5.82 Å². The number of anilines is 1. The molecular weight excluding hydrogens is 240 g/mol. The van der Waals surface area contributed by atoms with Crippen LogP contribution < -0.4 is 5.32 Å². The number of rotatable bonds is 4. The van der Waals surface area contributed by atoms with E-state index < -0.39 is 0 Å². The molecule has 1 aromatic heterocycles. The molecule has 0 bridgehead atoms. The molecule has 5 heteroatoms. The average Bonchev–Trinajstić information content (AvgIpc) is 2.97. The van der Waals surface area contributed by atoms with Gasteiger partial charge in [0.2, 0.25) is 0 Å². The van der Waals surface area contributed by atoms with Gasteiger partial charge in [0.25, 0.3) is 0 Å². The van der Waals surface area contributed by atoms with Crippen LogP contribution in [-0.2, 0) is 4.74 Å². The predicted molar refractivity (Wildman–Crippen MR) is 74.1 cm³/mol. The van der Waals surface area contributed by atoms with E-state index in [2.05, 4.69) is 20.2 Å². The molecule has 1 aliphatic carbocycles. The van der Waals surface area contributed by atoms with E-state index in [1.165, 1.54) is 25.7 Å². The first-order chi connectivity index (χ1) is 9.39. The Morgan fingerprint density at radius 3 is 2.74 bits per heavy atom. The molecule has 2 aliphatic rings. The van der Waals surface area contributed by atoms with Crippen LogP contribution in [0.25, 0.3) is 0 Å². The van der Waals surface area contributed by atoms with Crippen LogP contribution >= 0.6 is 0 Å². The molecule has 0 radical (unpaired) electrons. The Labute approximate surface area is 114 Å². The van der Waals surface area contributed by atoms with Crippen LogP contribution in [-0.4, -0.2) is 53.3 Å². The zero-order valence-corrected chi connectivity index (χ0v) is 11.3. The van der Waals surface area contributed by atoms with Crippen molar-refractivity contribution in [3.05, 3.63) is 18.6 Å². The van der Waals surface area contributed by atoms with Crippen LogP contribution in [0, 0.1) is 0 Å². The van der Waals surface area contributed by atoms with Gasteiger partial charge in [0.1, 0.15) is 12.1 Å². The van der Waals surface area contributed by atoms with Gasteiger partial charge in [-0.15, -0.1) is 0 Å². The van der Waals surface area contributed by atoms with Gasteiger partial charge in [0, 0.05) is 31.4 Å². The topological polar surface area (TPSA) is 50.3 Å². The highest BCUT2D eigenvalue weighted by Crippen LogP contribution is 2.35. The summed E-state index contributed by atoms with van der Waals surface area (Å²) in [6.45, 7) is 4.84. The molecule has 0 atom stereocenters. The van der Waals surface area contributed by atoms with Crippen LogP contribution in [0.5, 0.6) is 0 Å². The largest absolute Gasteiger partial charge is 0.379 e. The molecule has 0 amide bonds. The summed E-state index contributed by atoms with van der Waals surface area (Å²) in [5, 5.41) is 3.49. The predicted octanol–water partition coefficient (Wildman–Crippen LogP) is 1.53. The third-order valence-electron chi connectivity index (χ3n) is 4.40. The quantitative estimate of drug-likeness (QED) is 0.892. The van der Waals surface area contributed by atoms with Crippen molar-refractivity contribution in [1.82, 2.24) is 14.9 Å². The molecule has 0 unspecified atom stereocenters. The summed E-state index contributed by atoms with van der Waals surface area (Å²) in [6, 6.07) is 1.93. The first-order valence-corrected chi connectivity index (χ1v) is 7.22. The van der Waals surface area contributed by atoms with Crippen LogP contribution in [0.4, 0.5) is 5.82 Å². The van der Waals surface area contributed by atoms with Gasteiger partial charge in [-0.3, -0.25) is 4.90 Å². The first-order valence-electron chi connectivity index (χ1n) is 7.22. The van der Waals surface area contributed by atoms with E-state index in [0.717, 1.165) is 38.7 Å². The van der Waals surface area contributed by atoms with Gasteiger partial charge in [-0.25, -0.2) is 9.97 Å². The normalized spacial score (nSPS) is 23.4. The van der Waals surface area contributed by atoms with E-state index >= 15 is 0 Å². The Morgan fingerprint density at radius 1 is 1.26 bits per heavy atom. The fourth-order valence-corrected chi connectivity index (χ4v) is 3.33. The van der Waals surface area contributed by atoms with Crippen LogP contribution in [0.1, 0.15) is 25.7 Å². The Kier molecular flexibility index (Phi) is 3.94. The molecule has 2 fully saturated rings. The SMILES string of the molecule is c1cc(NCC2(N3CCOCC3)CCCC2)ncn1. The van der Waals surface area contributed by atoms with Crippen molar-refractivity contribution in [1.29, 1.82) is 0 Å². The zero-order valence-electron chi connectivity index (χ0n) is 11.3. The maximum atomic E-state index is 5.48. The van der Waals surface area contributed by atoms with E-state index in [1.807, 2.05) is 6.07 Å². The maximum absolute atomic E-state index is 5.48. The summed E-state index contributed by atoms with van der Waals surface area (Å²) in [5.74, 6) is 0.925. The van der Waals surface area contributed by atoms with Crippen molar-refractivity contribution in [2.45, 2.75) is 31.2 Å². The molecule has 1 saturated carbocycles. The van der Waals surface area contributed by atoms with Crippen LogP contribution in [0.2, 0.25) is 0 Å². The summed E-state index contributed by atoms with van der Waals surface area (Å²) in [4.78, 5) is 10.8. The van der Waals surface area contributed by atoms with E-state index in [9.17, 15) is 0 Å². The minimum atomic E-state index is 0.300. The summed E-state index contributed by atoms with van der Waals surface area (Å²) >= 11 is 0. The molecule has 19 heavy (non-hydrogen) atoms. The van der Waals surface area contributed by atoms with Gasteiger partial charge >= 0.3 is 0 Å². The van der Waals surface area contributed by atoms with Crippen molar-refractivity contribution < 1.29 is 4.74 Å². The van der Waals surface area contributed by atoms with E-state index in [4.69, 9.17) is 4.74 Å². The summed E-state index contributed by atoms with van der Waals surface area (Å²) < 4.78 is 5.48. The third-order valence-corrected chi connectivity index (χ3v) is 4.40. The number of hydrogen-bond donors (Lipinski definition) is 1. The highest BCUT2D eigenvalue weighted by Gasteiger charge is 2.39. The Morgan fingerprint density at radius 2 is 2.05 bits per heavy atom. The second-order valence-corrected chi connectivity index (χ2v) is 5.48. The van der Waals surface area contributed by atoms with E-state index in [-0.39, 0.29) is 0 Å². The Hall–Kier alpha value is -1.20. The molecule has 3 rings (SSSR count). The molecular formula is C14H22N4O. The molecule has 0 spiro atoms. The number of nitrogens with zero attached hydrogens (tertiary/aromatic N) is 3. The number of hydrogen-bond acceptors (Lipinski definition) is 5. The van der Waals surface area contributed by atoms with Crippen LogP contribution in [0.15, 0.2) is 18.6 Å². The standard InChI is InChI=1S/C14H22N4O/c1-2-5-14(4-1,18-7-9-19-10-8-18)11-16-13-3-6-15-12-17-13/h3,6,12H,1-2,4-5,7-11H2,(H,15,16,17). The molecule has 1 saturated heterocycles. The van der Waals surface area contributed by atoms with E-state index in [0.29, 0.717) is 5.54 Å². The lowest BCUT2D eigenvalue weighted by molar-refractivity contribution is -0.0160. The summed E-state index contributed by atoms with van der Waals surface area (Å²) in [6.07, 6.45) is 8.62. The lowest BCUT2D eigenvalue weighted by Crippen LogP contribution is -2.55. The zero-order chi connectivity index (χ0) is 13.0. The fourth-order valence-electron chi connectivity index (χ4n) is 3.33. The monoisotopic (exact) mass is 262 g/mol. The van der Waals surface area contributed by atoms with Crippen molar-refractivity contribution in [3.8, 4) is 0 Å². The van der Waals surface area contributed by atoms with E-state index in [1.54, 1.807) is 12.5 Å².